The topological polar surface area (TPSA) is 87.4 Å². The fourth-order valence-electron chi connectivity index (χ4n) is 3.09. The molecule has 26 heavy (non-hydrogen) atoms. The van der Waals surface area contributed by atoms with Gasteiger partial charge in [-0.05, 0) is 26.6 Å². The molecule has 1 amide bonds. The number of rotatable bonds is 5. The van der Waals surface area contributed by atoms with E-state index in [1.807, 2.05) is 36.7 Å². The van der Waals surface area contributed by atoms with Crippen LogP contribution < -0.4 is 0 Å². The van der Waals surface area contributed by atoms with Gasteiger partial charge < -0.3 is 14.9 Å². The lowest BCUT2D eigenvalue weighted by Crippen LogP contribution is -2.31. The van der Waals surface area contributed by atoms with Crippen LogP contribution in [0.5, 0.6) is 0 Å². The van der Waals surface area contributed by atoms with Crippen LogP contribution in [0.15, 0.2) is 18.5 Å². The molecule has 0 unspecified atom stereocenters. The maximum Gasteiger partial charge on any atom is 0.257 e. The van der Waals surface area contributed by atoms with Gasteiger partial charge in [-0.15, -0.1) is 0 Å². The second-order valence-corrected chi connectivity index (χ2v) is 6.88. The van der Waals surface area contributed by atoms with Gasteiger partial charge in [-0.2, -0.15) is 5.10 Å². The van der Waals surface area contributed by atoms with Crippen molar-refractivity contribution in [3.63, 3.8) is 0 Å². The summed E-state index contributed by atoms with van der Waals surface area (Å²) in [6.45, 7) is 4.36. The largest absolute Gasteiger partial charge is 0.385 e. The molecule has 0 saturated heterocycles. The van der Waals surface area contributed by atoms with E-state index in [0.717, 1.165) is 30.9 Å². The predicted octanol–water partition coefficient (Wildman–Crippen LogP) is 0.877. The number of carbonyl (C=O) groups excluding carboxylic acids is 1. The Balaban J connectivity index is 1.76. The number of carbonyl (C=O) groups is 1. The van der Waals surface area contributed by atoms with Gasteiger partial charge in [0.05, 0.1) is 23.5 Å². The Morgan fingerprint density at radius 1 is 1.31 bits per heavy atom. The summed E-state index contributed by atoms with van der Waals surface area (Å²) < 4.78 is 1.90. The third kappa shape index (κ3) is 4.08. The molecule has 140 valence electrons. The molecule has 0 radical (unpaired) electrons. The summed E-state index contributed by atoms with van der Waals surface area (Å²) in [6.07, 6.45) is 4.13. The van der Waals surface area contributed by atoms with E-state index in [4.69, 9.17) is 0 Å². The van der Waals surface area contributed by atoms with Crippen LogP contribution in [0.2, 0.25) is 0 Å². The molecule has 1 atom stereocenters. The van der Waals surface area contributed by atoms with Gasteiger partial charge in [0.2, 0.25) is 0 Å². The van der Waals surface area contributed by atoms with E-state index in [0.29, 0.717) is 30.9 Å². The number of fused-ring (bicyclic) bond motifs is 1. The molecule has 1 aliphatic heterocycles. The molecule has 2 aromatic heterocycles. The minimum atomic E-state index is -0.636. The fourth-order valence-corrected chi connectivity index (χ4v) is 3.09. The van der Waals surface area contributed by atoms with Gasteiger partial charge in [0.15, 0.2) is 0 Å². The van der Waals surface area contributed by atoms with Crippen molar-refractivity contribution in [3.8, 4) is 0 Å². The molecular formula is C18H26N6O2. The van der Waals surface area contributed by atoms with Gasteiger partial charge in [0.1, 0.15) is 11.9 Å². The van der Waals surface area contributed by atoms with Gasteiger partial charge in [0.25, 0.3) is 5.91 Å². The van der Waals surface area contributed by atoms with Gasteiger partial charge in [-0.3, -0.25) is 9.48 Å². The van der Waals surface area contributed by atoms with E-state index in [1.54, 1.807) is 17.3 Å². The Bertz CT molecular complexity index is 756. The number of likely N-dealkylation sites (N-methyl/N-ethyl adjacent to an activating group) is 1. The summed E-state index contributed by atoms with van der Waals surface area (Å²) in [5.41, 5.74) is 2.09. The third-order valence-electron chi connectivity index (χ3n) is 4.47. The lowest BCUT2D eigenvalue weighted by atomic mass is 10.2. The van der Waals surface area contributed by atoms with Crippen LogP contribution in [-0.4, -0.2) is 67.7 Å². The Labute approximate surface area is 153 Å². The number of aliphatic hydroxyl groups is 1. The van der Waals surface area contributed by atoms with Crippen molar-refractivity contribution in [2.45, 2.75) is 39.0 Å². The molecule has 3 rings (SSSR count). The van der Waals surface area contributed by atoms with Gasteiger partial charge >= 0.3 is 0 Å². The number of hydrogen-bond acceptors (Lipinski definition) is 6. The smallest absolute Gasteiger partial charge is 0.257 e. The number of aliphatic hydroxyl groups excluding tert-OH is 1. The summed E-state index contributed by atoms with van der Waals surface area (Å²) in [5.74, 6) is 0.660. The Hall–Kier alpha value is -2.32. The van der Waals surface area contributed by atoms with Crippen LogP contribution in [0.3, 0.4) is 0 Å². The molecule has 1 N–H and O–H groups in total. The molecule has 1 aliphatic rings. The van der Waals surface area contributed by atoms with E-state index in [2.05, 4.69) is 15.1 Å². The molecule has 8 heteroatoms. The van der Waals surface area contributed by atoms with Crippen molar-refractivity contribution in [1.82, 2.24) is 29.5 Å². The summed E-state index contributed by atoms with van der Waals surface area (Å²) in [5, 5.41) is 14.8. The van der Waals surface area contributed by atoms with Gasteiger partial charge in [0, 0.05) is 38.4 Å². The zero-order valence-corrected chi connectivity index (χ0v) is 15.6. The predicted molar refractivity (Wildman–Crippen MR) is 96.5 cm³/mol. The van der Waals surface area contributed by atoms with Crippen LogP contribution in [0.1, 0.15) is 47.0 Å². The van der Waals surface area contributed by atoms with Crippen LogP contribution in [-0.2, 0) is 19.5 Å². The molecule has 0 aromatic carbocycles. The molecular weight excluding hydrogens is 332 g/mol. The first-order chi connectivity index (χ1) is 12.5. The standard InChI is InChI=1S/C18H26N6O2/c1-4-17-19-9-13(10-20-17)18(26)23-6-5-7-24-14(11-23)8-15(21-24)16(25)12-22(2)3/h8-10,16,25H,4-7,11-12H2,1-3H3/t16-/m0/s1. The molecule has 0 fully saturated rings. The second-order valence-electron chi connectivity index (χ2n) is 6.88. The highest BCUT2D eigenvalue weighted by Gasteiger charge is 2.24. The van der Waals surface area contributed by atoms with Gasteiger partial charge in [-0.1, -0.05) is 6.92 Å². The first kappa shape index (κ1) is 18.5. The molecule has 0 spiro atoms. The molecule has 3 heterocycles. The van der Waals surface area contributed by atoms with E-state index in [9.17, 15) is 9.90 Å². The molecule has 8 nitrogen and oxygen atoms in total. The quantitative estimate of drug-likeness (QED) is 0.854. The molecule has 0 aliphatic carbocycles. The Morgan fingerprint density at radius 2 is 2.04 bits per heavy atom. The number of aromatic nitrogens is 4. The number of nitrogens with zero attached hydrogens (tertiary/aromatic N) is 6. The fraction of sp³-hybridized carbons (Fsp3) is 0.556. The number of hydrogen-bond donors (Lipinski definition) is 1. The third-order valence-corrected chi connectivity index (χ3v) is 4.47. The summed E-state index contributed by atoms with van der Waals surface area (Å²) in [4.78, 5) is 25.0. The summed E-state index contributed by atoms with van der Waals surface area (Å²) in [7, 11) is 3.83. The van der Waals surface area contributed by atoms with E-state index < -0.39 is 6.10 Å². The van der Waals surface area contributed by atoms with Crippen molar-refractivity contribution in [1.29, 1.82) is 0 Å². The zero-order chi connectivity index (χ0) is 18.7. The highest BCUT2D eigenvalue weighted by Crippen LogP contribution is 2.19. The minimum Gasteiger partial charge on any atom is -0.385 e. The van der Waals surface area contributed by atoms with Crippen LogP contribution in [0, 0.1) is 0 Å². The first-order valence-corrected chi connectivity index (χ1v) is 8.97. The van der Waals surface area contributed by atoms with Gasteiger partial charge in [-0.25, -0.2) is 9.97 Å². The first-order valence-electron chi connectivity index (χ1n) is 8.97. The summed E-state index contributed by atoms with van der Waals surface area (Å²) in [6, 6.07) is 1.90. The van der Waals surface area contributed by atoms with Crippen molar-refractivity contribution in [2.24, 2.45) is 0 Å². The monoisotopic (exact) mass is 358 g/mol. The average molecular weight is 358 g/mol. The van der Waals surface area contributed by atoms with Crippen LogP contribution in [0.4, 0.5) is 0 Å². The second kappa shape index (κ2) is 7.92. The SMILES string of the molecule is CCc1ncc(C(=O)N2CCCn3nc([C@@H](O)CN(C)C)cc3C2)cn1. The maximum absolute atomic E-state index is 12.8. The number of amides is 1. The van der Waals surface area contributed by atoms with Crippen LogP contribution >= 0.6 is 0 Å². The highest BCUT2D eigenvalue weighted by molar-refractivity contribution is 5.93. The minimum absolute atomic E-state index is 0.0716. The van der Waals surface area contributed by atoms with E-state index in [1.165, 1.54) is 0 Å². The van der Waals surface area contributed by atoms with E-state index in [-0.39, 0.29) is 5.91 Å². The Kier molecular flexibility index (Phi) is 5.63. The van der Waals surface area contributed by atoms with Crippen molar-refractivity contribution < 1.29 is 9.90 Å². The lowest BCUT2D eigenvalue weighted by molar-refractivity contribution is 0.0744. The van der Waals surface area contributed by atoms with E-state index >= 15 is 0 Å². The molecule has 2 aromatic rings. The molecule has 0 saturated carbocycles. The zero-order valence-electron chi connectivity index (χ0n) is 15.6. The lowest BCUT2D eigenvalue weighted by Gasteiger charge is -2.19. The maximum atomic E-state index is 12.8. The summed E-state index contributed by atoms with van der Waals surface area (Å²) >= 11 is 0. The van der Waals surface area contributed by atoms with Crippen LogP contribution in [0.25, 0.3) is 0 Å². The Morgan fingerprint density at radius 3 is 2.69 bits per heavy atom. The normalized spacial score (nSPS) is 15.7. The molecule has 0 bridgehead atoms. The number of aryl methyl sites for hydroxylation is 2. The average Bonchev–Trinajstić information content (AvgIpc) is 2.92. The van der Waals surface area contributed by atoms with Crippen molar-refractivity contribution >= 4 is 5.91 Å². The van der Waals surface area contributed by atoms with Crippen molar-refractivity contribution in [3.05, 3.63) is 41.2 Å². The van der Waals surface area contributed by atoms with Crippen molar-refractivity contribution in [2.75, 3.05) is 27.2 Å². The highest BCUT2D eigenvalue weighted by atomic mass is 16.3.